The third-order valence-corrected chi connectivity index (χ3v) is 3.14. The number of carboxylic acids is 1. The van der Waals surface area contributed by atoms with Crippen molar-refractivity contribution in [3.63, 3.8) is 0 Å². The van der Waals surface area contributed by atoms with Crippen LogP contribution >= 0.6 is 0 Å². The topological polar surface area (TPSA) is 63.3 Å². The Morgan fingerprint density at radius 1 is 1.46 bits per heavy atom. The highest BCUT2D eigenvalue weighted by molar-refractivity contribution is 5.70. The Labute approximate surface area is 79.3 Å². The van der Waals surface area contributed by atoms with Gasteiger partial charge < -0.3 is 10.8 Å². The first-order chi connectivity index (χ1) is 6.15. The lowest BCUT2D eigenvalue weighted by molar-refractivity contribution is -0.144. The van der Waals surface area contributed by atoms with E-state index in [-0.39, 0.29) is 5.92 Å². The molecule has 1 rings (SSSR count). The SMILES string of the molecule is CCC(C(=O)O)C1CCC(N)CC1. The maximum Gasteiger partial charge on any atom is 0.306 e. The van der Waals surface area contributed by atoms with Crippen LogP contribution in [0.15, 0.2) is 0 Å². The van der Waals surface area contributed by atoms with Gasteiger partial charge in [-0.3, -0.25) is 4.79 Å². The molecule has 3 nitrogen and oxygen atoms in total. The molecule has 0 saturated heterocycles. The van der Waals surface area contributed by atoms with E-state index in [1.807, 2.05) is 6.92 Å². The summed E-state index contributed by atoms with van der Waals surface area (Å²) in [4.78, 5) is 10.9. The molecule has 0 aromatic carbocycles. The predicted octanol–water partition coefficient (Wildman–Crippen LogP) is 1.61. The van der Waals surface area contributed by atoms with Crippen molar-refractivity contribution < 1.29 is 9.90 Å². The zero-order chi connectivity index (χ0) is 9.84. The van der Waals surface area contributed by atoms with Crippen LogP contribution in [0.5, 0.6) is 0 Å². The Morgan fingerprint density at radius 3 is 2.38 bits per heavy atom. The molecular formula is C10H19NO2. The lowest BCUT2D eigenvalue weighted by Gasteiger charge is -2.29. The van der Waals surface area contributed by atoms with Gasteiger partial charge in [-0.1, -0.05) is 6.92 Å². The first-order valence-electron chi connectivity index (χ1n) is 5.13. The predicted molar refractivity (Wildman–Crippen MR) is 51.4 cm³/mol. The van der Waals surface area contributed by atoms with Gasteiger partial charge >= 0.3 is 5.97 Å². The largest absolute Gasteiger partial charge is 0.481 e. The Morgan fingerprint density at radius 2 is 2.00 bits per heavy atom. The van der Waals surface area contributed by atoms with Gasteiger partial charge in [-0.2, -0.15) is 0 Å². The molecule has 0 amide bonds. The van der Waals surface area contributed by atoms with E-state index < -0.39 is 5.97 Å². The number of rotatable bonds is 3. The summed E-state index contributed by atoms with van der Waals surface area (Å²) in [6.07, 6.45) is 4.72. The van der Waals surface area contributed by atoms with E-state index in [1.54, 1.807) is 0 Å². The number of hydrogen-bond donors (Lipinski definition) is 2. The average Bonchev–Trinajstić information content (AvgIpc) is 2.09. The Balaban J connectivity index is 2.46. The number of aliphatic carboxylic acids is 1. The van der Waals surface area contributed by atoms with Gasteiger partial charge in [-0.25, -0.2) is 0 Å². The molecule has 0 aliphatic heterocycles. The summed E-state index contributed by atoms with van der Waals surface area (Å²) in [5.74, 6) is -0.419. The monoisotopic (exact) mass is 185 g/mol. The standard InChI is InChI=1S/C10H19NO2/c1-2-9(10(12)13)7-3-5-8(11)6-4-7/h7-9H,2-6,11H2,1H3,(H,12,13). The minimum Gasteiger partial charge on any atom is -0.481 e. The summed E-state index contributed by atoms with van der Waals surface area (Å²) in [6, 6.07) is 0.308. The van der Waals surface area contributed by atoms with Crippen molar-refractivity contribution in [3.05, 3.63) is 0 Å². The van der Waals surface area contributed by atoms with E-state index in [9.17, 15) is 4.79 Å². The van der Waals surface area contributed by atoms with Gasteiger partial charge in [0.1, 0.15) is 0 Å². The van der Waals surface area contributed by atoms with Gasteiger partial charge in [0.05, 0.1) is 5.92 Å². The molecule has 0 spiro atoms. The molecule has 1 fully saturated rings. The fourth-order valence-corrected chi connectivity index (χ4v) is 2.26. The molecule has 0 aromatic heterocycles. The van der Waals surface area contributed by atoms with Gasteiger partial charge in [0.2, 0.25) is 0 Å². The maximum atomic E-state index is 10.9. The third-order valence-electron chi connectivity index (χ3n) is 3.14. The molecule has 76 valence electrons. The molecular weight excluding hydrogens is 166 g/mol. The van der Waals surface area contributed by atoms with Crippen LogP contribution in [0.2, 0.25) is 0 Å². The Kier molecular flexibility index (Phi) is 3.72. The van der Waals surface area contributed by atoms with Crippen LogP contribution in [0.25, 0.3) is 0 Å². The molecule has 1 unspecified atom stereocenters. The normalized spacial score (nSPS) is 31.2. The summed E-state index contributed by atoms with van der Waals surface area (Å²) in [6.45, 7) is 1.95. The lowest BCUT2D eigenvalue weighted by atomic mass is 9.77. The first kappa shape index (κ1) is 10.5. The number of nitrogens with two attached hydrogens (primary N) is 1. The van der Waals surface area contributed by atoms with Crippen LogP contribution in [0.4, 0.5) is 0 Å². The minimum absolute atomic E-state index is 0.146. The Bertz CT molecular complexity index is 174. The van der Waals surface area contributed by atoms with Gasteiger partial charge in [0, 0.05) is 6.04 Å². The molecule has 13 heavy (non-hydrogen) atoms. The fourth-order valence-electron chi connectivity index (χ4n) is 2.26. The van der Waals surface area contributed by atoms with E-state index in [2.05, 4.69) is 0 Å². The van der Waals surface area contributed by atoms with Crippen molar-refractivity contribution >= 4 is 5.97 Å². The minimum atomic E-state index is -0.636. The van der Waals surface area contributed by atoms with E-state index in [0.717, 1.165) is 32.1 Å². The van der Waals surface area contributed by atoms with Gasteiger partial charge in [-0.05, 0) is 38.0 Å². The summed E-state index contributed by atoms with van der Waals surface area (Å²) in [5.41, 5.74) is 5.77. The van der Waals surface area contributed by atoms with Crippen molar-refractivity contribution in [2.75, 3.05) is 0 Å². The molecule has 1 aliphatic rings. The second-order valence-corrected chi connectivity index (χ2v) is 4.03. The molecule has 3 N–H and O–H groups in total. The number of carboxylic acid groups (broad SMARTS) is 1. The third kappa shape index (κ3) is 2.69. The quantitative estimate of drug-likeness (QED) is 0.702. The van der Waals surface area contributed by atoms with E-state index in [0.29, 0.717) is 12.0 Å². The summed E-state index contributed by atoms with van der Waals surface area (Å²) >= 11 is 0. The second-order valence-electron chi connectivity index (χ2n) is 4.03. The molecule has 3 heteroatoms. The van der Waals surface area contributed by atoms with Crippen LogP contribution in [-0.4, -0.2) is 17.1 Å². The smallest absolute Gasteiger partial charge is 0.306 e. The molecule has 1 aliphatic carbocycles. The van der Waals surface area contributed by atoms with Crippen LogP contribution in [0.3, 0.4) is 0 Å². The average molecular weight is 185 g/mol. The van der Waals surface area contributed by atoms with Gasteiger partial charge in [-0.15, -0.1) is 0 Å². The summed E-state index contributed by atoms with van der Waals surface area (Å²) in [7, 11) is 0. The number of carbonyl (C=O) groups is 1. The van der Waals surface area contributed by atoms with Crippen molar-refractivity contribution in [3.8, 4) is 0 Å². The van der Waals surface area contributed by atoms with Gasteiger partial charge in [0.25, 0.3) is 0 Å². The lowest BCUT2D eigenvalue weighted by Crippen LogP contribution is -2.32. The molecule has 0 radical (unpaired) electrons. The summed E-state index contributed by atoms with van der Waals surface area (Å²) < 4.78 is 0. The van der Waals surface area contributed by atoms with Crippen molar-refractivity contribution in [2.45, 2.75) is 45.1 Å². The highest BCUT2D eigenvalue weighted by Gasteiger charge is 2.29. The molecule has 1 atom stereocenters. The first-order valence-corrected chi connectivity index (χ1v) is 5.13. The highest BCUT2D eigenvalue weighted by atomic mass is 16.4. The van der Waals surface area contributed by atoms with Crippen molar-refractivity contribution in [1.29, 1.82) is 0 Å². The van der Waals surface area contributed by atoms with Crippen LogP contribution < -0.4 is 5.73 Å². The second kappa shape index (κ2) is 4.61. The fraction of sp³-hybridized carbons (Fsp3) is 0.900. The van der Waals surface area contributed by atoms with E-state index in [1.165, 1.54) is 0 Å². The molecule has 0 heterocycles. The van der Waals surface area contributed by atoms with Crippen molar-refractivity contribution in [2.24, 2.45) is 17.6 Å². The van der Waals surface area contributed by atoms with Crippen molar-refractivity contribution in [1.82, 2.24) is 0 Å². The van der Waals surface area contributed by atoms with E-state index >= 15 is 0 Å². The molecule has 0 aromatic rings. The molecule has 0 bridgehead atoms. The van der Waals surface area contributed by atoms with Crippen LogP contribution in [-0.2, 0) is 4.79 Å². The highest BCUT2D eigenvalue weighted by Crippen LogP contribution is 2.31. The summed E-state index contributed by atoms with van der Waals surface area (Å²) in [5, 5.41) is 8.96. The van der Waals surface area contributed by atoms with Crippen LogP contribution in [0, 0.1) is 11.8 Å². The van der Waals surface area contributed by atoms with Crippen LogP contribution in [0.1, 0.15) is 39.0 Å². The maximum absolute atomic E-state index is 10.9. The zero-order valence-electron chi connectivity index (χ0n) is 8.20. The van der Waals surface area contributed by atoms with E-state index in [4.69, 9.17) is 10.8 Å². The zero-order valence-corrected chi connectivity index (χ0v) is 8.20. The Hall–Kier alpha value is -0.570. The van der Waals surface area contributed by atoms with Gasteiger partial charge in [0.15, 0.2) is 0 Å². The number of hydrogen-bond acceptors (Lipinski definition) is 2. The molecule has 1 saturated carbocycles.